The topological polar surface area (TPSA) is 49.8 Å². The van der Waals surface area contributed by atoms with E-state index in [0.717, 1.165) is 50.5 Å². The number of hydrogen-bond acceptors (Lipinski definition) is 3. The first kappa shape index (κ1) is 26.3. The fourth-order valence-electron chi connectivity index (χ4n) is 7.04. The van der Waals surface area contributed by atoms with Crippen molar-refractivity contribution in [3.8, 4) is 5.75 Å². The molecule has 0 radical (unpaired) electrons. The minimum Gasteiger partial charge on any atom is -0.490 e. The zero-order chi connectivity index (χ0) is 26.3. The molecule has 0 aromatic heterocycles. The van der Waals surface area contributed by atoms with Crippen LogP contribution in [0.5, 0.6) is 5.75 Å². The van der Waals surface area contributed by atoms with Crippen LogP contribution in [0.15, 0.2) is 30.3 Å². The summed E-state index contributed by atoms with van der Waals surface area (Å²) in [6.45, 7) is 4.95. The Morgan fingerprint density at radius 1 is 1.03 bits per heavy atom. The molecule has 1 N–H and O–H groups in total. The van der Waals surface area contributed by atoms with Crippen molar-refractivity contribution < 1.29 is 27.8 Å². The molecule has 2 atom stereocenters. The molecule has 2 aromatic rings. The van der Waals surface area contributed by atoms with E-state index >= 15 is 0 Å². The highest BCUT2D eigenvalue weighted by Gasteiger charge is 2.41. The zero-order valence-electron chi connectivity index (χ0n) is 21.8. The average Bonchev–Trinajstić information content (AvgIpc) is 2.83. The van der Waals surface area contributed by atoms with E-state index in [2.05, 4.69) is 18.7 Å². The van der Waals surface area contributed by atoms with Gasteiger partial charge in [0.25, 0.3) is 0 Å². The standard InChI is InChI=1S/C30H38F3NO3/c1-18(2)20-8-11-25(12-9-20)37-27-13-10-21-7-6-19(14-26(21)28(27)30(31,32)33)17-34-23-4-3-5-24(34)16-22(15-23)29(35)36/h6-7,10,13-14,18,20,22-25H,3-5,8-9,11-12,15-17H2,1-2H3,(H,35,36). The molecule has 3 aliphatic rings. The Bertz CT molecular complexity index is 1110. The molecule has 5 rings (SSSR count). The van der Waals surface area contributed by atoms with E-state index < -0.39 is 17.7 Å². The summed E-state index contributed by atoms with van der Waals surface area (Å²) in [6, 6.07) is 8.92. The average molecular weight is 518 g/mol. The second-order valence-corrected chi connectivity index (χ2v) is 11.8. The van der Waals surface area contributed by atoms with Crippen LogP contribution in [-0.4, -0.2) is 34.2 Å². The van der Waals surface area contributed by atoms with E-state index in [0.29, 0.717) is 36.6 Å². The summed E-state index contributed by atoms with van der Waals surface area (Å²) < 4.78 is 49.4. The van der Waals surface area contributed by atoms with Gasteiger partial charge in [0.15, 0.2) is 0 Å². The third kappa shape index (κ3) is 5.62. The summed E-state index contributed by atoms with van der Waals surface area (Å²) in [5.41, 5.74) is 0.154. The Kier molecular flexibility index (Phi) is 7.45. The van der Waals surface area contributed by atoms with Crippen LogP contribution in [0.2, 0.25) is 0 Å². The maximum Gasteiger partial charge on any atom is 0.420 e. The Morgan fingerprint density at radius 3 is 2.27 bits per heavy atom. The monoisotopic (exact) mass is 517 g/mol. The summed E-state index contributed by atoms with van der Waals surface area (Å²) in [5, 5.41) is 10.3. The number of fused-ring (bicyclic) bond motifs is 3. The van der Waals surface area contributed by atoms with Crippen molar-refractivity contribution >= 4 is 16.7 Å². The molecule has 37 heavy (non-hydrogen) atoms. The van der Waals surface area contributed by atoms with Gasteiger partial charge in [0.1, 0.15) is 11.3 Å². The number of carboxylic acids is 1. The summed E-state index contributed by atoms with van der Waals surface area (Å²) in [6.07, 6.45) is 3.02. The predicted molar refractivity (Wildman–Crippen MR) is 137 cm³/mol. The van der Waals surface area contributed by atoms with Crippen molar-refractivity contribution in [3.63, 3.8) is 0 Å². The first-order valence-corrected chi connectivity index (χ1v) is 13.9. The number of hydrogen-bond donors (Lipinski definition) is 1. The summed E-state index contributed by atoms with van der Waals surface area (Å²) in [4.78, 5) is 14.0. The van der Waals surface area contributed by atoms with Gasteiger partial charge in [-0.15, -0.1) is 0 Å². The quantitative estimate of drug-likeness (QED) is 0.427. The fourth-order valence-corrected chi connectivity index (χ4v) is 7.04. The van der Waals surface area contributed by atoms with E-state index in [1.54, 1.807) is 18.2 Å². The molecule has 2 unspecified atom stereocenters. The van der Waals surface area contributed by atoms with Gasteiger partial charge in [0, 0.05) is 18.6 Å². The largest absolute Gasteiger partial charge is 0.490 e. The minimum absolute atomic E-state index is 0.0655. The number of carbonyl (C=O) groups is 1. The second kappa shape index (κ2) is 10.5. The first-order chi connectivity index (χ1) is 17.6. The lowest BCUT2D eigenvalue weighted by Crippen LogP contribution is -2.52. The maximum absolute atomic E-state index is 14.5. The lowest BCUT2D eigenvalue weighted by molar-refractivity contribution is -0.146. The molecule has 0 amide bonds. The Morgan fingerprint density at radius 2 is 1.68 bits per heavy atom. The van der Waals surface area contributed by atoms with Gasteiger partial charge in [-0.2, -0.15) is 13.2 Å². The molecule has 202 valence electrons. The number of piperidine rings is 2. The molecule has 7 heteroatoms. The molecule has 3 fully saturated rings. The van der Waals surface area contributed by atoms with Crippen LogP contribution >= 0.6 is 0 Å². The van der Waals surface area contributed by atoms with Crippen LogP contribution in [0.25, 0.3) is 10.8 Å². The van der Waals surface area contributed by atoms with Crippen LogP contribution in [0.1, 0.15) is 82.8 Å². The normalized spacial score (nSPS) is 29.0. The second-order valence-electron chi connectivity index (χ2n) is 11.8. The summed E-state index contributed by atoms with van der Waals surface area (Å²) in [7, 11) is 0. The molecule has 2 bridgehead atoms. The van der Waals surface area contributed by atoms with Gasteiger partial charge in [0.05, 0.1) is 12.0 Å². The predicted octanol–water partition coefficient (Wildman–Crippen LogP) is 7.67. The number of ether oxygens (including phenoxy) is 1. The summed E-state index contributed by atoms with van der Waals surface area (Å²) >= 11 is 0. The van der Waals surface area contributed by atoms with Gasteiger partial charge < -0.3 is 9.84 Å². The number of benzene rings is 2. The minimum atomic E-state index is -4.53. The Balaban J connectivity index is 1.41. The molecular weight excluding hydrogens is 479 g/mol. The number of halogens is 3. The van der Waals surface area contributed by atoms with E-state index in [-0.39, 0.29) is 35.2 Å². The van der Waals surface area contributed by atoms with Crippen LogP contribution in [0, 0.1) is 17.8 Å². The van der Waals surface area contributed by atoms with Crippen molar-refractivity contribution in [2.75, 3.05) is 0 Å². The van der Waals surface area contributed by atoms with Crippen LogP contribution in [-0.2, 0) is 17.5 Å². The van der Waals surface area contributed by atoms with Gasteiger partial charge in [-0.1, -0.05) is 38.5 Å². The lowest BCUT2D eigenvalue weighted by Gasteiger charge is -2.48. The number of rotatable bonds is 6. The third-order valence-corrected chi connectivity index (χ3v) is 9.13. The highest BCUT2D eigenvalue weighted by molar-refractivity contribution is 5.89. The molecule has 1 aliphatic carbocycles. The maximum atomic E-state index is 14.5. The highest BCUT2D eigenvalue weighted by Crippen LogP contribution is 2.44. The van der Waals surface area contributed by atoms with Crippen molar-refractivity contribution in [3.05, 3.63) is 41.5 Å². The lowest BCUT2D eigenvalue weighted by atomic mass is 9.78. The van der Waals surface area contributed by atoms with Gasteiger partial charge in [-0.05, 0) is 91.7 Å². The van der Waals surface area contributed by atoms with E-state index in [9.17, 15) is 23.1 Å². The zero-order valence-corrected chi connectivity index (χ0v) is 21.8. The van der Waals surface area contributed by atoms with Crippen molar-refractivity contribution in [2.45, 2.75) is 103 Å². The van der Waals surface area contributed by atoms with E-state index in [1.165, 1.54) is 6.07 Å². The van der Waals surface area contributed by atoms with Gasteiger partial charge in [0.2, 0.25) is 0 Å². The Labute approximate surface area is 217 Å². The van der Waals surface area contributed by atoms with Crippen LogP contribution < -0.4 is 4.74 Å². The van der Waals surface area contributed by atoms with E-state index in [1.807, 2.05) is 6.07 Å². The fraction of sp³-hybridized carbons (Fsp3) is 0.633. The molecule has 2 aromatic carbocycles. The number of nitrogens with zero attached hydrogens (tertiary/aromatic N) is 1. The SMILES string of the molecule is CC(C)C1CCC(Oc2ccc3ccc(CN4C5CCCC4CC(C(=O)O)C5)cc3c2C(F)(F)F)CC1. The summed E-state index contributed by atoms with van der Waals surface area (Å²) in [5.74, 6) is 0.0725. The molecule has 0 spiro atoms. The molecule has 2 saturated heterocycles. The number of carboxylic acid groups (broad SMARTS) is 1. The van der Waals surface area contributed by atoms with Crippen molar-refractivity contribution in [1.29, 1.82) is 0 Å². The molecule has 4 nitrogen and oxygen atoms in total. The van der Waals surface area contributed by atoms with Gasteiger partial charge in [-0.3, -0.25) is 9.69 Å². The van der Waals surface area contributed by atoms with Crippen molar-refractivity contribution in [2.24, 2.45) is 17.8 Å². The third-order valence-electron chi connectivity index (χ3n) is 9.13. The Hall–Kier alpha value is -2.28. The molecule has 2 aliphatic heterocycles. The smallest absolute Gasteiger partial charge is 0.420 e. The van der Waals surface area contributed by atoms with Gasteiger partial charge in [-0.25, -0.2) is 0 Å². The van der Waals surface area contributed by atoms with Gasteiger partial charge >= 0.3 is 12.1 Å². The molecule has 2 heterocycles. The molecule has 1 saturated carbocycles. The van der Waals surface area contributed by atoms with E-state index in [4.69, 9.17) is 4.74 Å². The van der Waals surface area contributed by atoms with Crippen LogP contribution in [0.4, 0.5) is 13.2 Å². The van der Waals surface area contributed by atoms with Crippen molar-refractivity contribution in [1.82, 2.24) is 4.90 Å². The van der Waals surface area contributed by atoms with Crippen LogP contribution in [0.3, 0.4) is 0 Å². The first-order valence-electron chi connectivity index (χ1n) is 13.9. The number of alkyl halides is 3. The highest BCUT2D eigenvalue weighted by atomic mass is 19.4. The number of aliphatic carboxylic acids is 1. The molecular formula is C30H38F3NO3.